The number of hydrogen-bond donors (Lipinski definition) is 4. The Morgan fingerprint density at radius 1 is 0.797 bits per heavy atom. The predicted octanol–water partition coefficient (Wildman–Crippen LogP) is 7.08. The number of hydrogen-bond acceptors (Lipinski definition) is 6. The second-order valence-electron chi connectivity index (χ2n) is 15.0. The van der Waals surface area contributed by atoms with Crippen molar-refractivity contribution in [1.82, 2.24) is 10.6 Å². The molecule has 2 bridgehead atoms. The van der Waals surface area contributed by atoms with Gasteiger partial charge in [-0.2, -0.15) is 8.78 Å². The normalized spacial score (nSPS) is 19.1. The van der Waals surface area contributed by atoms with Crippen LogP contribution in [0.4, 0.5) is 22.4 Å². The molecule has 4 atom stereocenters. The van der Waals surface area contributed by atoms with E-state index in [1.807, 2.05) is 97.9 Å². The number of unbranched alkanes of at least 4 members (excludes halogenated alkanes) is 1. The van der Waals surface area contributed by atoms with E-state index in [0.29, 0.717) is 19.5 Å². The number of carbonyl (C=O) groups is 4. The number of rotatable bonds is 21. The van der Waals surface area contributed by atoms with Gasteiger partial charge in [0.05, 0.1) is 12.2 Å². The van der Waals surface area contributed by atoms with E-state index in [4.69, 9.17) is 19.7 Å². The molecule has 2 heterocycles. The van der Waals surface area contributed by atoms with E-state index >= 15 is 0 Å². The van der Waals surface area contributed by atoms with E-state index in [9.17, 15) is 36.7 Å². The Balaban J connectivity index is 0.000000262. The number of carboxylic acid groups (broad SMARTS) is 2. The maximum absolute atomic E-state index is 14.4. The van der Waals surface area contributed by atoms with Gasteiger partial charge in [-0.1, -0.05) is 25.5 Å². The third-order valence-corrected chi connectivity index (χ3v) is 15.8. The average Bonchev–Trinajstić information content (AvgIpc) is 3.83. The Kier molecular flexibility index (Phi) is 17.9. The van der Waals surface area contributed by atoms with E-state index in [2.05, 4.69) is 10.6 Å². The molecule has 2 saturated heterocycles. The molecule has 2 aliphatic heterocycles. The SMILES string of the molecule is CCCCNC(=O)OCC(=O)NC[C@H]1[C@@H](C/C=C\CCC(F)(F)C(=O)O)[C@H]2CC[C@@H]1O2.O=C(O)CC(F)(F)CC[PH](c1ccccc1)(c1ccccc1)c1ccccc1. The molecule has 10 nitrogen and oxygen atoms in total. The fraction of sp³-hybridized carbons (Fsp3) is 0.455. The van der Waals surface area contributed by atoms with E-state index in [1.165, 1.54) is 0 Å². The van der Waals surface area contributed by atoms with Crippen molar-refractivity contribution < 1.29 is 56.4 Å². The molecule has 0 aromatic heterocycles. The van der Waals surface area contributed by atoms with Crippen LogP contribution in [0.5, 0.6) is 0 Å². The van der Waals surface area contributed by atoms with Crippen LogP contribution >= 0.6 is 7.26 Å². The van der Waals surface area contributed by atoms with Gasteiger partial charge >= 0.3 is 182 Å². The van der Waals surface area contributed by atoms with Gasteiger partial charge < -0.3 is 25.2 Å². The van der Waals surface area contributed by atoms with Crippen LogP contribution in [0.3, 0.4) is 0 Å². The molecule has 4 N–H and O–H groups in total. The van der Waals surface area contributed by atoms with E-state index in [1.54, 1.807) is 12.2 Å². The molecule has 0 radical (unpaired) electrons. The van der Waals surface area contributed by atoms with Crippen LogP contribution in [0.1, 0.15) is 64.7 Å². The number of fused-ring (bicyclic) bond motifs is 2. The summed E-state index contributed by atoms with van der Waals surface area (Å²) in [6.07, 6.45) is 4.91. The molecule has 2 fully saturated rings. The molecular weight excluding hydrogens is 791 g/mol. The first-order valence-electron chi connectivity index (χ1n) is 20.0. The van der Waals surface area contributed by atoms with Crippen LogP contribution in [-0.2, 0) is 23.9 Å². The second kappa shape index (κ2) is 22.5. The van der Waals surface area contributed by atoms with Crippen molar-refractivity contribution in [2.75, 3.05) is 25.9 Å². The van der Waals surface area contributed by atoms with Gasteiger partial charge in [-0.05, 0) is 38.0 Å². The molecule has 322 valence electrons. The van der Waals surface area contributed by atoms with Crippen molar-refractivity contribution in [3.63, 3.8) is 0 Å². The fourth-order valence-electron chi connectivity index (χ4n) is 7.84. The minimum absolute atomic E-state index is 0.0277. The number of halogens is 4. The van der Waals surface area contributed by atoms with Gasteiger partial charge in [0.2, 0.25) is 0 Å². The first-order valence-corrected chi connectivity index (χ1v) is 22.2. The zero-order valence-electron chi connectivity index (χ0n) is 33.2. The summed E-state index contributed by atoms with van der Waals surface area (Å²) in [7, 11) is -2.76. The van der Waals surface area contributed by atoms with Crippen LogP contribution in [0, 0.1) is 11.8 Å². The standard InChI is InChI=1S/C23H23F2O2P.C21H32F2N2O6/c24-23(25,18-22(26)27)16-17-28(19-10-4-1-5-11-19,20-12-6-2-7-13-20)21-14-8-3-9-15-21;1-2-3-11-24-20(29)30-13-18(26)25-12-15-14(16-8-9-17(15)31-16)7-5-4-6-10-21(22,23)19(27)28/h1-15,28H,16-18H2,(H,26,27);4-5,14-17H,2-3,6-13H2,1H3,(H,24,29)(H,25,26)(H,27,28)/b;5-4-/t;14-,15+,16-,17+/m.1/s1. The number of alkyl halides is 4. The van der Waals surface area contributed by atoms with Gasteiger partial charge in [0, 0.05) is 25.4 Å². The number of nitrogens with one attached hydrogen (secondary N) is 2. The monoisotopic (exact) mass is 846 g/mol. The van der Waals surface area contributed by atoms with Gasteiger partial charge in [-0.3, -0.25) is 4.79 Å². The fourth-order valence-corrected chi connectivity index (χ4v) is 12.7. The summed E-state index contributed by atoms with van der Waals surface area (Å²) < 4.78 is 65.8. The maximum atomic E-state index is 14.4. The number of allylic oxidation sites excluding steroid dienone is 2. The van der Waals surface area contributed by atoms with Crippen molar-refractivity contribution >= 4 is 47.1 Å². The first-order chi connectivity index (χ1) is 28.2. The van der Waals surface area contributed by atoms with Crippen LogP contribution in [0.15, 0.2) is 103 Å². The van der Waals surface area contributed by atoms with Gasteiger partial charge in [0.25, 0.3) is 5.91 Å². The Bertz CT molecular complexity index is 1720. The van der Waals surface area contributed by atoms with E-state index in [0.717, 1.165) is 41.6 Å². The molecule has 2 aliphatic rings. The number of carboxylic acids is 2. The summed E-state index contributed by atoms with van der Waals surface area (Å²) in [4.78, 5) is 44.8. The van der Waals surface area contributed by atoms with Crippen molar-refractivity contribution in [1.29, 1.82) is 0 Å². The molecule has 5 rings (SSSR count). The van der Waals surface area contributed by atoms with Gasteiger partial charge in [-0.15, -0.1) is 0 Å². The molecule has 3 aromatic rings. The molecule has 3 aromatic carbocycles. The average molecular weight is 847 g/mol. The summed E-state index contributed by atoms with van der Waals surface area (Å²) in [5, 5.41) is 25.8. The van der Waals surface area contributed by atoms with Crippen LogP contribution in [0.2, 0.25) is 0 Å². The number of benzene rings is 3. The predicted molar refractivity (Wildman–Crippen MR) is 221 cm³/mol. The molecular formula is C44H55F4N2O8P. The van der Waals surface area contributed by atoms with Crippen LogP contribution < -0.4 is 26.5 Å². The second-order valence-corrected chi connectivity index (χ2v) is 19.0. The van der Waals surface area contributed by atoms with Crippen molar-refractivity contribution in [2.24, 2.45) is 11.8 Å². The summed E-state index contributed by atoms with van der Waals surface area (Å²) in [5.74, 6) is -10.7. The van der Waals surface area contributed by atoms with Crippen molar-refractivity contribution in [3.8, 4) is 0 Å². The zero-order chi connectivity index (χ0) is 42.9. The number of carbonyl (C=O) groups excluding carboxylic acids is 2. The molecule has 0 spiro atoms. The number of alkyl carbamates (subject to hydrolysis) is 1. The third-order valence-electron chi connectivity index (χ3n) is 10.8. The number of aliphatic carboxylic acids is 2. The topological polar surface area (TPSA) is 151 Å². The van der Waals surface area contributed by atoms with Crippen molar-refractivity contribution in [3.05, 3.63) is 103 Å². The first kappa shape index (κ1) is 46.9. The summed E-state index contributed by atoms with van der Waals surface area (Å²) in [6, 6.07) is 29.3. The Morgan fingerprint density at radius 2 is 1.34 bits per heavy atom. The number of ether oxygens (including phenoxy) is 2. The zero-order valence-corrected chi connectivity index (χ0v) is 34.2. The molecule has 2 amide bonds. The number of amides is 2. The Morgan fingerprint density at radius 3 is 1.85 bits per heavy atom. The van der Waals surface area contributed by atoms with E-state index in [-0.39, 0.29) is 43.2 Å². The Hall–Kier alpha value is -4.81. The van der Waals surface area contributed by atoms with Crippen LogP contribution in [-0.4, -0.2) is 84.1 Å². The molecule has 15 heteroatoms. The van der Waals surface area contributed by atoms with Crippen molar-refractivity contribution in [2.45, 2.75) is 88.8 Å². The molecule has 0 unspecified atom stereocenters. The summed E-state index contributed by atoms with van der Waals surface area (Å²) in [5.41, 5.74) is 0. The van der Waals surface area contributed by atoms with Gasteiger partial charge in [-0.25, -0.2) is 9.59 Å². The third kappa shape index (κ3) is 13.9. The van der Waals surface area contributed by atoms with Gasteiger partial charge in [0.1, 0.15) is 0 Å². The molecule has 0 aliphatic carbocycles. The molecule has 0 saturated carbocycles. The van der Waals surface area contributed by atoms with E-state index < -0.39 is 62.3 Å². The summed E-state index contributed by atoms with van der Waals surface area (Å²) in [6.45, 7) is 2.53. The quantitative estimate of drug-likeness (QED) is 0.0385. The molecule has 59 heavy (non-hydrogen) atoms. The summed E-state index contributed by atoms with van der Waals surface area (Å²) >= 11 is 0. The van der Waals surface area contributed by atoms with Gasteiger partial charge in [0.15, 0.2) is 6.61 Å². The Labute approximate surface area is 343 Å². The minimum atomic E-state index is -3.72. The van der Waals surface area contributed by atoms with Crippen LogP contribution in [0.25, 0.3) is 0 Å².